The third-order valence-corrected chi connectivity index (χ3v) is 9.08. The summed E-state index contributed by atoms with van der Waals surface area (Å²) in [6.45, 7) is 0. The molecule has 2 unspecified atom stereocenters. The molecule has 0 radical (unpaired) electrons. The van der Waals surface area contributed by atoms with Crippen LogP contribution in [0.1, 0.15) is 0 Å². The molecule has 1 N–H and O–H groups in total. The number of amides is 2. The molecule has 2 amide bonds. The smallest absolute Gasteiger partial charge is 0.261 e. The highest BCUT2D eigenvalue weighted by atomic mass is 32.2. The van der Waals surface area contributed by atoms with Gasteiger partial charge in [-0.2, -0.15) is 0 Å². The number of nitrogens with zero attached hydrogens (tertiary/aromatic N) is 2. The zero-order valence-corrected chi connectivity index (χ0v) is 18.1. The summed E-state index contributed by atoms with van der Waals surface area (Å²) in [6, 6.07) is 14.9. The number of anilines is 2. The lowest BCUT2D eigenvalue weighted by atomic mass is 9.87. The molecule has 1 aliphatic heterocycles. The number of benzene rings is 2. The van der Waals surface area contributed by atoms with Gasteiger partial charge < -0.3 is 0 Å². The van der Waals surface area contributed by atoms with Crippen molar-refractivity contribution in [2.45, 2.75) is 4.90 Å². The molecule has 164 valence electrons. The first-order chi connectivity index (χ1) is 16.0. The number of aromatic nitrogens is 1. The number of carbonyl (C=O) groups excluding carboxylic acids is 2. The van der Waals surface area contributed by atoms with Gasteiger partial charge in [-0.1, -0.05) is 30.4 Å². The fraction of sp³-hybridized carbons (Fsp3) is 0.240. The van der Waals surface area contributed by atoms with Gasteiger partial charge in [-0.05, 0) is 60.1 Å². The highest BCUT2D eigenvalue weighted by Gasteiger charge is 2.74. The molecule has 3 fully saturated rings. The van der Waals surface area contributed by atoms with Crippen LogP contribution in [0.2, 0.25) is 0 Å². The van der Waals surface area contributed by atoms with Gasteiger partial charge in [0.25, 0.3) is 10.0 Å². The van der Waals surface area contributed by atoms with Crippen LogP contribution < -0.4 is 9.62 Å². The fourth-order valence-electron chi connectivity index (χ4n) is 6.32. The maximum Gasteiger partial charge on any atom is 0.261 e. The number of nitrogens with one attached hydrogen (secondary N) is 1. The average molecular weight is 458 g/mol. The summed E-state index contributed by atoms with van der Waals surface area (Å²) < 4.78 is 28.6. The molecule has 1 aromatic heterocycles. The molecule has 33 heavy (non-hydrogen) atoms. The summed E-state index contributed by atoms with van der Waals surface area (Å²) in [6.07, 6.45) is 5.88. The summed E-state index contributed by atoms with van der Waals surface area (Å²) in [5.74, 6) is 0.566. The van der Waals surface area contributed by atoms with Crippen LogP contribution in [0.25, 0.3) is 10.9 Å². The minimum atomic E-state index is -3.88. The molecule has 0 bridgehead atoms. The normalized spacial score (nSPS) is 31.2. The minimum absolute atomic E-state index is 0.0442. The molecule has 3 aliphatic carbocycles. The zero-order chi connectivity index (χ0) is 22.5. The Labute approximate surface area is 190 Å². The number of pyridine rings is 1. The molecule has 8 heteroatoms. The Balaban J connectivity index is 1.17. The highest BCUT2D eigenvalue weighted by molar-refractivity contribution is 7.92. The van der Waals surface area contributed by atoms with Gasteiger partial charge in [-0.3, -0.25) is 24.2 Å². The van der Waals surface area contributed by atoms with Crippen molar-refractivity contribution in [3.05, 3.63) is 72.9 Å². The monoisotopic (exact) mass is 457 g/mol. The van der Waals surface area contributed by atoms with Gasteiger partial charge in [0.2, 0.25) is 11.8 Å². The number of para-hydroxylation sites is 1. The fourth-order valence-corrected chi connectivity index (χ4v) is 7.39. The lowest BCUT2D eigenvalue weighted by Crippen LogP contribution is -2.32. The molecule has 1 saturated heterocycles. The van der Waals surface area contributed by atoms with E-state index in [0.29, 0.717) is 34.6 Å². The van der Waals surface area contributed by atoms with Gasteiger partial charge in [0.05, 0.1) is 33.6 Å². The molecule has 0 spiro atoms. The molecular formula is C25H19N3O4S. The molecule has 7 nitrogen and oxygen atoms in total. The van der Waals surface area contributed by atoms with Crippen molar-refractivity contribution < 1.29 is 18.0 Å². The van der Waals surface area contributed by atoms with Crippen LogP contribution in [0.15, 0.2) is 77.8 Å². The van der Waals surface area contributed by atoms with E-state index in [1.807, 2.05) is 12.1 Å². The second-order valence-electron chi connectivity index (χ2n) is 9.24. The Kier molecular flexibility index (Phi) is 3.62. The zero-order valence-electron chi connectivity index (χ0n) is 17.3. The third-order valence-electron chi connectivity index (χ3n) is 7.70. The molecule has 2 saturated carbocycles. The third kappa shape index (κ3) is 2.49. The van der Waals surface area contributed by atoms with Crippen molar-refractivity contribution in [2.24, 2.45) is 35.5 Å². The Hall–Kier alpha value is -3.52. The van der Waals surface area contributed by atoms with Crippen LogP contribution in [-0.2, 0) is 19.6 Å². The topological polar surface area (TPSA) is 96.4 Å². The number of allylic oxidation sites excluding steroid dienone is 2. The molecular weight excluding hydrogens is 438 g/mol. The van der Waals surface area contributed by atoms with Crippen molar-refractivity contribution in [1.82, 2.24) is 4.98 Å². The van der Waals surface area contributed by atoms with E-state index in [4.69, 9.17) is 0 Å². The van der Waals surface area contributed by atoms with Gasteiger partial charge in [0, 0.05) is 11.6 Å². The average Bonchev–Trinajstić information content (AvgIpc) is 3.09. The standard InChI is InChI=1S/C25H19N3O4S/c29-24-21-17-11-10-16-19(17)20(16)22(21)25(30)28(24)14-6-8-15(9-7-14)33(31,32)27-18-5-1-3-13-4-2-12-26-23(13)18/h1-12,16-17,19-22,27H/t16-,17?,19+,20?,21+,22-/m1/s1. The predicted octanol–water partition coefficient (Wildman–Crippen LogP) is 3.20. The number of hydrogen-bond donors (Lipinski definition) is 1. The van der Waals surface area contributed by atoms with Crippen LogP contribution in [0.5, 0.6) is 0 Å². The van der Waals surface area contributed by atoms with E-state index >= 15 is 0 Å². The van der Waals surface area contributed by atoms with E-state index in [1.54, 1.807) is 24.4 Å². The van der Waals surface area contributed by atoms with Crippen molar-refractivity contribution in [3.8, 4) is 0 Å². The van der Waals surface area contributed by atoms with Gasteiger partial charge in [-0.15, -0.1) is 0 Å². The Morgan fingerprint density at radius 2 is 1.55 bits per heavy atom. The van der Waals surface area contributed by atoms with Gasteiger partial charge >= 0.3 is 0 Å². The summed E-state index contributed by atoms with van der Waals surface area (Å²) in [5.41, 5.74) is 1.36. The number of hydrogen-bond acceptors (Lipinski definition) is 5. The Morgan fingerprint density at radius 1 is 0.818 bits per heavy atom. The molecule has 2 heterocycles. The van der Waals surface area contributed by atoms with Crippen LogP contribution >= 0.6 is 0 Å². The summed E-state index contributed by atoms with van der Waals surface area (Å²) in [5, 5.41) is 0.825. The van der Waals surface area contributed by atoms with Crippen molar-refractivity contribution >= 4 is 44.1 Å². The maximum atomic E-state index is 13.1. The predicted molar refractivity (Wildman–Crippen MR) is 122 cm³/mol. The Bertz CT molecular complexity index is 1490. The van der Waals surface area contributed by atoms with Gasteiger partial charge in [0.1, 0.15) is 0 Å². The van der Waals surface area contributed by atoms with Crippen molar-refractivity contribution in [1.29, 1.82) is 0 Å². The van der Waals surface area contributed by atoms with Gasteiger partial charge in [0.15, 0.2) is 0 Å². The van der Waals surface area contributed by atoms with Crippen LogP contribution in [-0.4, -0.2) is 25.2 Å². The van der Waals surface area contributed by atoms with E-state index in [9.17, 15) is 18.0 Å². The maximum absolute atomic E-state index is 13.1. The number of rotatable bonds is 4. The molecule has 3 aromatic rings. The second-order valence-corrected chi connectivity index (χ2v) is 10.9. The van der Waals surface area contributed by atoms with Crippen molar-refractivity contribution in [2.75, 3.05) is 9.62 Å². The highest BCUT2D eigenvalue weighted by Crippen LogP contribution is 2.71. The number of sulfonamides is 1. The van der Waals surface area contributed by atoms with Gasteiger partial charge in [-0.25, -0.2) is 8.42 Å². The van der Waals surface area contributed by atoms with E-state index in [2.05, 4.69) is 21.9 Å². The van der Waals surface area contributed by atoms with E-state index in [-0.39, 0.29) is 34.5 Å². The Morgan fingerprint density at radius 3 is 2.36 bits per heavy atom. The summed E-state index contributed by atoms with van der Waals surface area (Å²) in [7, 11) is -3.88. The summed E-state index contributed by atoms with van der Waals surface area (Å²) in [4.78, 5) is 31.9. The number of carbonyl (C=O) groups is 2. The molecule has 4 aliphatic rings. The van der Waals surface area contributed by atoms with Crippen molar-refractivity contribution in [3.63, 3.8) is 0 Å². The SMILES string of the molecule is O=C1[C@@H]2C3[C@@H]4C(C=C[C@@H]34)[C@@H]2C(=O)N1c1ccc(S(=O)(=O)Nc2cccc3cccnc23)cc1. The summed E-state index contributed by atoms with van der Waals surface area (Å²) >= 11 is 0. The molecule has 7 rings (SSSR count). The first-order valence-corrected chi connectivity index (χ1v) is 12.5. The lowest BCUT2D eigenvalue weighted by Gasteiger charge is -2.18. The molecule has 2 aromatic carbocycles. The number of fused-ring (bicyclic) bond motifs is 5. The lowest BCUT2D eigenvalue weighted by molar-refractivity contribution is -0.123. The van der Waals surface area contributed by atoms with Crippen LogP contribution in [0.4, 0.5) is 11.4 Å². The largest absolute Gasteiger partial charge is 0.277 e. The quantitative estimate of drug-likeness (QED) is 0.479. The first-order valence-electron chi connectivity index (χ1n) is 11.0. The van der Waals surface area contributed by atoms with E-state index in [0.717, 1.165) is 5.39 Å². The van der Waals surface area contributed by atoms with Crippen LogP contribution in [0.3, 0.4) is 0 Å². The van der Waals surface area contributed by atoms with E-state index in [1.165, 1.54) is 29.2 Å². The second kappa shape index (κ2) is 6.29. The molecule has 6 atom stereocenters. The van der Waals surface area contributed by atoms with E-state index < -0.39 is 10.0 Å². The minimum Gasteiger partial charge on any atom is -0.277 e. The first kappa shape index (κ1) is 19.0. The van der Waals surface area contributed by atoms with Crippen LogP contribution in [0, 0.1) is 35.5 Å². The number of imide groups is 1.